The molecule has 1 atom stereocenters. The van der Waals surface area contributed by atoms with Gasteiger partial charge in [-0.1, -0.05) is 0 Å². The molecule has 2 aromatic rings. The van der Waals surface area contributed by atoms with Crippen LogP contribution >= 0.6 is 27.5 Å². The number of imidazole rings is 1. The van der Waals surface area contributed by atoms with E-state index in [2.05, 4.69) is 20.9 Å². The Morgan fingerprint density at radius 1 is 1.63 bits per heavy atom. The minimum absolute atomic E-state index is 0.178. The molecule has 0 spiro atoms. The molecule has 4 nitrogen and oxygen atoms in total. The van der Waals surface area contributed by atoms with Crippen LogP contribution in [0.5, 0.6) is 0 Å². The molecule has 0 aliphatic heterocycles. The van der Waals surface area contributed by atoms with Crippen LogP contribution in [0, 0.1) is 5.82 Å². The van der Waals surface area contributed by atoms with Crippen LogP contribution in [0.1, 0.15) is 24.5 Å². The highest BCUT2D eigenvalue weighted by molar-refractivity contribution is 9.10. The van der Waals surface area contributed by atoms with Gasteiger partial charge in [-0.25, -0.2) is 9.37 Å². The fraction of sp³-hybridized carbons (Fsp3) is 0.333. The maximum absolute atomic E-state index is 13.5. The van der Waals surface area contributed by atoms with E-state index in [0.717, 1.165) is 5.52 Å². The molecule has 0 aliphatic rings. The average Bonchev–Trinajstić information content (AvgIpc) is 2.65. The standard InChI is InChI=1S/C12H12BrClFN3O/c1-6(14)12-17-9-5-8(15)7(13)4-10(9)18(12)3-2-11(16)19/h4-6H,2-3H2,1H3,(H2,16,19). The van der Waals surface area contributed by atoms with E-state index in [0.29, 0.717) is 22.4 Å². The number of amides is 1. The third-order valence-electron chi connectivity index (χ3n) is 2.76. The number of primary amides is 1. The highest BCUT2D eigenvalue weighted by Gasteiger charge is 2.17. The first-order chi connectivity index (χ1) is 8.90. The number of hydrogen-bond donors (Lipinski definition) is 1. The molecule has 102 valence electrons. The molecule has 0 bridgehead atoms. The summed E-state index contributed by atoms with van der Waals surface area (Å²) in [5.74, 6) is -0.201. The summed E-state index contributed by atoms with van der Waals surface area (Å²) in [6.45, 7) is 2.14. The molecular formula is C12H12BrClFN3O. The van der Waals surface area contributed by atoms with Gasteiger partial charge in [-0.2, -0.15) is 0 Å². The van der Waals surface area contributed by atoms with E-state index in [4.69, 9.17) is 17.3 Å². The van der Waals surface area contributed by atoms with E-state index in [-0.39, 0.29) is 17.6 Å². The second-order valence-corrected chi connectivity index (χ2v) is 5.72. The summed E-state index contributed by atoms with van der Waals surface area (Å²) in [4.78, 5) is 15.2. The van der Waals surface area contributed by atoms with Crippen molar-refractivity contribution in [2.75, 3.05) is 0 Å². The van der Waals surface area contributed by atoms with Crippen LogP contribution in [0.3, 0.4) is 0 Å². The van der Waals surface area contributed by atoms with Gasteiger partial charge < -0.3 is 10.3 Å². The number of fused-ring (bicyclic) bond motifs is 1. The fourth-order valence-electron chi connectivity index (χ4n) is 1.90. The molecule has 0 saturated carbocycles. The second kappa shape index (κ2) is 5.46. The van der Waals surface area contributed by atoms with Gasteiger partial charge in [0.05, 0.1) is 20.9 Å². The van der Waals surface area contributed by atoms with E-state index < -0.39 is 5.91 Å². The summed E-state index contributed by atoms with van der Waals surface area (Å²) in [6.07, 6.45) is 0.178. The molecule has 1 amide bonds. The van der Waals surface area contributed by atoms with Crippen LogP contribution in [-0.4, -0.2) is 15.5 Å². The summed E-state index contributed by atoms with van der Waals surface area (Å²) in [6, 6.07) is 2.96. The van der Waals surface area contributed by atoms with Crippen LogP contribution < -0.4 is 5.73 Å². The van der Waals surface area contributed by atoms with Gasteiger partial charge in [-0.05, 0) is 28.9 Å². The van der Waals surface area contributed by atoms with Crippen molar-refractivity contribution in [3.05, 3.63) is 28.2 Å². The van der Waals surface area contributed by atoms with Crippen molar-refractivity contribution in [1.82, 2.24) is 9.55 Å². The quantitative estimate of drug-likeness (QED) is 0.863. The maximum Gasteiger partial charge on any atom is 0.219 e. The molecule has 0 aliphatic carbocycles. The maximum atomic E-state index is 13.5. The predicted octanol–water partition coefficient (Wildman–Crippen LogP) is 3.11. The molecule has 2 rings (SSSR count). The van der Waals surface area contributed by atoms with Gasteiger partial charge >= 0.3 is 0 Å². The van der Waals surface area contributed by atoms with Crippen LogP contribution in [0.15, 0.2) is 16.6 Å². The van der Waals surface area contributed by atoms with E-state index in [9.17, 15) is 9.18 Å². The van der Waals surface area contributed by atoms with E-state index in [1.807, 2.05) is 0 Å². The minimum atomic E-state index is -0.406. The number of benzene rings is 1. The molecule has 0 radical (unpaired) electrons. The van der Waals surface area contributed by atoms with Gasteiger partial charge in [0.1, 0.15) is 11.6 Å². The van der Waals surface area contributed by atoms with E-state index in [1.54, 1.807) is 17.6 Å². The van der Waals surface area contributed by atoms with Crippen molar-refractivity contribution < 1.29 is 9.18 Å². The lowest BCUT2D eigenvalue weighted by atomic mass is 10.3. The van der Waals surface area contributed by atoms with Crippen molar-refractivity contribution in [3.8, 4) is 0 Å². The first-order valence-electron chi connectivity index (χ1n) is 5.67. The number of carbonyl (C=O) groups excluding carboxylic acids is 1. The second-order valence-electron chi connectivity index (χ2n) is 4.21. The summed E-state index contributed by atoms with van der Waals surface area (Å²) in [5, 5.41) is -0.345. The Morgan fingerprint density at radius 2 is 2.32 bits per heavy atom. The van der Waals surface area contributed by atoms with Gasteiger partial charge in [0.2, 0.25) is 5.91 Å². The summed E-state index contributed by atoms with van der Waals surface area (Å²) >= 11 is 9.21. The smallest absolute Gasteiger partial charge is 0.219 e. The Bertz CT molecular complexity index is 641. The summed E-state index contributed by atoms with van der Waals surface area (Å²) in [7, 11) is 0. The highest BCUT2D eigenvalue weighted by Crippen LogP contribution is 2.28. The Balaban J connectivity index is 2.58. The number of halogens is 3. The zero-order chi connectivity index (χ0) is 14.2. The number of nitrogens with two attached hydrogens (primary N) is 1. The van der Waals surface area contributed by atoms with Crippen molar-refractivity contribution in [2.45, 2.75) is 25.3 Å². The van der Waals surface area contributed by atoms with Crippen molar-refractivity contribution in [3.63, 3.8) is 0 Å². The van der Waals surface area contributed by atoms with Gasteiger partial charge in [-0.15, -0.1) is 11.6 Å². The molecule has 1 heterocycles. The number of hydrogen-bond acceptors (Lipinski definition) is 2. The first kappa shape index (κ1) is 14.3. The van der Waals surface area contributed by atoms with Crippen molar-refractivity contribution in [1.29, 1.82) is 0 Å². The summed E-state index contributed by atoms with van der Waals surface area (Å²) < 4.78 is 15.6. The Morgan fingerprint density at radius 3 is 2.89 bits per heavy atom. The first-order valence-corrected chi connectivity index (χ1v) is 6.90. The molecule has 1 aromatic heterocycles. The number of aromatic nitrogens is 2. The SMILES string of the molecule is CC(Cl)c1nc2cc(F)c(Br)cc2n1CCC(N)=O. The molecule has 1 unspecified atom stereocenters. The molecule has 19 heavy (non-hydrogen) atoms. The van der Waals surface area contributed by atoms with Gasteiger partial charge in [0, 0.05) is 19.0 Å². The molecule has 0 saturated heterocycles. The monoisotopic (exact) mass is 347 g/mol. The predicted molar refractivity (Wildman–Crippen MR) is 75.5 cm³/mol. The van der Waals surface area contributed by atoms with Crippen LogP contribution in [0.2, 0.25) is 0 Å². The zero-order valence-corrected chi connectivity index (χ0v) is 12.5. The Kier molecular flexibility index (Phi) is 4.10. The zero-order valence-electron chi connectivity index (χ0n) is 10.2. The lowest BCUT2D eigenvalue weighted by Crippen LogP contribution is -2.15. The molecule has 1 aromatic carbocycles. The summed E-state index contributed by atoms with van der Waals surface area (Å²) in [5.41, 5.74) is 6.38. The number of nitrogens with zero attached hydrogens (tertiary/aromatic N) is 2. The third-order valence-corrected chi connectivity index (χ3v) is 3.56. The normalized spacial score (nSPS) is 12.8. The third kappa shape index (κ3) is 2.90. The number of alkyl halides is 1. The van der Waals surface area contributed by atoms with E-state index in [1.165, 1.54) is 6.07 Å². The number of rotatable bonds is 4. The highest BCUT2D eigenvalue weighted by atomic mass is 79.9. The van der Waals surface area contributed by atoms with Gasteiger partial charge in [-0.3, -0.25) is 4.79 Å². The average molecular weight is 349 g/mol. The fourth-order valence-corrected chi connectivity index (χ4v) is 2.40. The largest absolute Gasteiger partial charge is 0.370 e. The van der Waals surface area contributed by atoms with Crippen molar-refractivity contribution in [2.24, 2.45) is 5.73 Å². The molecule has 0 fully saturated rings. The van der Waals surface area contributed by atoms with Crippen molar-refractivity contribution >= 4 is 44.5 Å². The molecular weight excluding hydrogens is 337 g/mol. The number of aryl methyl sites for hydroxylation is 1. The lowest BCUT2D eigenvalue weighted by Gasteiger charge is -2.09. The Labute approximate surface area is 122 Å². The van der Waals surface area contributed by atoms with Crippen LogP contribution in [-0.2, 0) is 11.3 Å². The molecule has 7 heteroatoms. The van der Waals surface area contributed by atoms with Crippen LogP contribution in [0.4, 0.5) is 4.39 Å². The van der Waals surface area contributed by atoms with Gasteiger partial charge in [0.15, 0.2) is 0 Å². The van der Waals surface area contributed by atoms with Crippen LogP contribution in [0.25, 0.3) is 11.0 Å². The topological polar surface area (TPSA) is 60.9 Å². The minimum Gasteiger partial charge on any atom is -0.370 e. The van der Waals surface area contributed by atoms with E-state index >= 15 is 0 Å². The Hall–Kier alpha value is -1.14. The van der Waals surface area contributed by atoms with Gasteiger partial charge in [0.25, 0.3) is 0 Å². The molecule has 2 N–H and O–H groups in total. The number of carbonyl (C=O) groups is 1. The lowest BCUT2D eigenvalue weighted by molar-refractivity contribution is -0.118.